The highest BCUT2D eigenvalue weighted by Crippen LogP contribution is 2.36. The maximum atomic E-state index is 13.1. The van der Waals surface area contributed by atoms with E-state index >= 15 is 0 Å². The molecule has 1 unspecified atom stereocenters. The van der Waals surface area contributed by atoms with Gasteiger partial charge in [0.25, 0.3) is 5.91 Å². The topological polar surface area (TPSA) is 66.4 Å². The van der Waals surface area contributed by atoms with Crippen molar-refractivity contribution in [2.24, 2.45) is 4.99 Å². The maximum absolute atomic E-state index is 13.1. The van der Waals surface area contributed by atoms with Crippen LogP contribution in [0.15, 0.2) is 58.3 Å². The van der Waals surface area contributed by atoms with Crippen LogP contribution in [0.4, 0.5) is 18.9 Å². The largest absolute Gasteiger partial charge is 0.417 e. The Balaban J connectivity index is 1.49. The minimum atomic E-state index is -4.53. The van der Waals surface area contributed by atoms with Gasteiger partial charge in [-0.15, -0.1) is 11.3 Å². The quantitative estimate of drug-likeness (QED) is 0.577. The molecule has 10 heteroatoms. The molecule has 5 nitrogen and oxygen atoms in total. The van der Waals surface area contributed by atoms with E-state index in [4.69, 9.17) is 11.6 Å². The highest BCUT2D eigenvalue weighted by atomic mass is 35.5. The number of hydrogen-bond donors (Lipinski definition) is 2. The van der Waals surface area contributed by atoms with Crippen molar-refractivity contribution in [2.45, 2.75) is 12.3 Å². The lowest BCUT2D eigenvalue weighted by Crippen LogP contribution is -2.18. The Labute approximate surface area is 178 Å². The van der Waals surface area contributed by atoms with Crippen LogP contribution in [-0.4, -0.2) is 23.1 Å². The van der Waals surface area contributed by atoms with E-state index in [2.05, 4.69) is 20.6 Å². The van der Waals surface area contributed by atoms with Gasteiger partial charge in [-0.3, -0.25) is 15.1 Å². The van der Waals surface area contributed by atoms with Crippen LogP contribution in [0.3, 0.4) is 0 Å². The lowest BCUT2D eigenvalue weighted by molar-refractivity contribution is -0.137. The molecule has 2 aromatic carbocycles. The number of carbonyl (C=O) groups is 1. The van der Waals surface area contributed by atoms with Crippen molar-refractivity contribution in [3.8, 4) is 0 Å². The van der Waals surface area contributed by atoms with Gasteiger partial charge in [-0.25, -0.2) is 4.98 Å². The van der Waals surface area contributed by atoms with Crippen LogP contribution < -0.4 is 10.6 Å². The molecule has 1 aliphatic rings. The fraction of sp³-hybridized carbons (Fsp3) is 0.150. The van der Waals surface area contributed by atoms with E-state index in [0.717, 1.165) is 11.6 Å². The van der Waals surface area contributed by atoms with Gasteiger partial charge < -0.3 is 5.32 Å². The van der Waals surface area contributed by atoms with Gasteiger partial charge in [0.1, 0.15) is 11.9 Å². The zero-order valence-electron chi connectivity index (χ0n) is 15.2. The van der Waals surface area contributed by atoms with Crippen molar-refractivity contribution < 1.29 is 18.0 Å². The number of benzene rings is 2. The zero-order valence-corrected chi connectivity index (χ0v) is 16.8. The molecule has 4 rings (SSSR count). The minimum absolute atomic E-state index is 0.299. The molecule has 1 amide bonds. The number of anilines is 1. The molecule has 3 aromatic rings. The summed E-state index contributed by atoms with van der Waals surface area (Å²) >= 11 is 7.02. The number of nitrogens with one attached hydrogen (secondary N) is 2. The smallest absolute Gasteiger partial charge is 0.321 e. The summed E-state index contributed by atoms with van der Waals surface area (Å²) in [6.45, 7) is 0.402. The molecule has 0 saturated heterocycles. The first kappa shape index (κ1) is 20.5. The Hall–Kier alpha value is -2.75. The average Bonchev–Trinajstić information content (AvgIpc) is 3.40. The van der Waals surface area contributed by atoms with Crippen molar-refractivity contribution in [2.75, 3.05) is 11.9 Å². The number of rotatable bonds is 4. The average molecular weight is 451 g/mol. The first-order chi connectivity index (χ1) is 14.3. The monoisotopic (exact) mass is 450 g/mol. The molecule has 1 atom stereocenters. The summed E-state index contributed by atoms with van der Waals surface area (Å²) in [6, 6.07) is 10.8. The Bertz CT molecular complexity index is 1100. The Morgan fingerprint density at radius 1 is 1.20 bits per heavy atom. The Morgan fingerprint density at radius 2 is 1.97 bits per heavy atom. The van der Waals surface area contributed by atoms with E-state index in [-0.39, 0.29) is 10.9 Å². The van der Waals surface area contributed by atoms with E-state index < -0.39 is 17.9 Å². The number of nitrogens with zero attached hydrogens (tertiary/aromatic N) is 2. The highest BCUT2D eigenvalue weighted by Gasteiger charge is 2.34. The number of hydrogen-bond acceptors (Lipinski definition) is 5. The van der Waals surface area contributed by atoms with E-state index in [9.17, 15) is 18.0 Å². The number of alkyl halides is 3. The number of thiazole rings is 1. The van der Waals surface area contributed by atoms with Gasteiger partial charge in [0.2, 0.25) is 0 Å². The summed E-state index contributed by atoms with van der Waals surface area (Å²) in [4.78, 5) is 20.5. The highest BCUT2D eigenvalue weighted by molar-refractivity contribution is 7.07. The summed E-state index contributed by atoms with van der Waals surface area (Å²) < 4.78 is 39.3. The summed E-state index contributed by atoms with van der Waals surface area (Å²) in [5, 5.41) is 7.16. The predicted molar refractivity (Wildman–Crippen MR) is 110 cm³/mol. The van der Waals surface area contributed by atoms with Crippen LogP contribution in [0.2, 0.25) is 5.02 Å². The van der Waals surface area contributed by atoms with Gasteiger partial charge in [-0.1, -0.05) is 29.8 Å². The molecule has 0 fully saturated rings. The van der Waals surface area contributed by atoms with E-state index in [1.54, 1.807) is 35.2 Å². The SMILES string of the molecule is O=C(Nc1ccc(C2=NC(c3ccc(Cl)c(C(F)(F)F)c3)NC2)cc1)c1cscn1. The zero-order chi connectivity index (χ0) is 21.3. The molecule has 1 aromatic heterocycles. The van der Waals surface area contributed by atoms with Gasteiger partial charge in [0.05, 0.1) is 21.8 Å². The van der Waals surface area contributed by atoms with Crippen molar-refractivity contribution in [1.29, 1.82) is 0 Å². The maximum Gasteiger partial charge on any atom is 0.417 e. The molecule has 0 saturated carbocycles. The third-order valence-electron chi connectivity index (χ3n) is 4.50. The lowest BCUT2D eigenvalue weighted by Gasteiger charge is -2.13. The number of aliphatic imine (C=N–C) groups is 1. The Kier molecular flexibility index (Phi) is 5.59. The molecule has 0 bridgehead atoms. The third kappa shape index (κ3) is 4.38. The first-order valence-electron chi connectivity index (χ1n) is 8.78. The fourth-order valence-electron chi connectivity index (χ4n) is 3.01. The molecule has 0 spiro atoms. The van der Waals surface area contributed by atoms with Gasteiger partial charge in [0.15, 0.2) is 0 Å². The second-order valence-electron chi connectivity index (χ2n) is 6.50. The van der Waals surface area contributed by atoms with Gasteiger partial charge in [-0.2, -0.15) is 13.2 Å². The normalized spacial score (nSPS) is 16.4. The van der Waals surface area contributed by atoms with Gasteiger partial charge in [-0.05, 0) is 35.4 Å². The van der Waals surface area contributed by atoms with E-state index in [1.807, 2.05) is 0 Å². The number of carbonyl (C=O) groups excluding carboxylic acids is 1. The van der Waals surface area contributed by atoms with Crippen LogP contribution in [0.25, 0.3) is 0 Å². The standard InChI is InChI=1S/C20H14ClF3N4OS/c21-15-6-3-12(7-14(15)20(22,23)24)18-25-8-16(28-18)11-1-4-13(5-2-11)27-19(29)17-9-30-10-26-17/h1-7,9-10,18,25H,8H2,(H,27,29). The molecular formula is C20H14ClF3N4OS. The van der Waals surface area contributed by atoms with E-state index in [0.29, 0.717) is 29.2 Å². The Morgan fingerprint density at radius 3 is 2.63 bits per heavy atom. The second-order valence-corrected chi connectivity index (χ2v) is 7.63. The first-order valence-corrected chi connectivity index (χ1v) is 10.1. The molecule has 30 heavy (non-hydrogen) atoms. The van der Waals surface area contributed by atoms with Crippen LogP contribution >= 0.6 is 22.9 Å². The molecule has 2 N–H and O–H groups in total. The van der Waals surface area contributed by atoms with E-state index in [1.165, 1.54) is 23.5 Å². The third-order valence-corrected chi connectivity index (χ3v) is 5.42. The molecule has 1 aliphatic heterocycles. The molecule has 154 valence electrons. The summed E-state index contributed by atoms with van der Waals surface area (Å²) in [6.07, 6.45) is -5.13. The van der Waals surface area contributed by atoms with Crippen molar-refractivity contribution >= 4 is 40.2 Å². The lowest BCUT2D eigenvalue weighted by atomic mass is 10.1. The summed E-state index contributed by atoms with van der Waals surface area (Å²) in [7, 11) is 0. The number of aromatic nitrogens is 1. The summed E-state index contributed by atoms with van der Waals surface area (Å²) in [5.41, 5.74) is 3.55. The van der Waals surface area contributed by atoms with Crippen LogP contribution in [0, 0.1) is 0 Å². The van der Waals surface area contributed by atoms with Crippen LogP contribution in [0.1, 0.15) is 33.3 Å². The van der Waals surface area contributed by atoms with Crippen molar-refractivity contribution in [3.05, 3.63) is 80.8 Å². The predicted octanol–water partition coefficient (Wildman–Crippen LogP) is 5.16. The van der Waals surface area contributed by atoms with Gasteiger partial charge in [0, 0.05) is 17.6 Å². The number of amides is 1. The minimum Gasteiger partial charge on any atom is -0.321 e. The van der Waals surface area contributed by atoms with Crippen LogP contribution in [-0.2, 0) is 6.18 Å². The molecular weight excluding hydrogens is 437 g/mol. The fourth-order valence-corrected chi connectivity index (χ4v) is 3.76. The second kappa shape index (κ2) is 8.17. The van der Waals surface area contributed by atoms with Gasteiger partial charge >= 0.3 is 6.18 Å². The number of halogens is 4. The molecule has 2 heterocycles. The van der Waals surface area contributed by atoms with Crippen LogP contribution in [0.5, 0.6) is 0 Å². The summed E-state index contributed by atoms with van der Waals surface area (Å²) in [5.74, 6) is -0.299. The molecule has 0 radical (unpaired) electrons. The van der Waals surface area contributed by atoms with Crippen molar-refractivity contribution in [1.82, 2.24) is 10.3 Å². The van der Waals surface area contributed by atoms with Crippen molar-refractivity contribution in [3.63, 3.8) is 0 Å². The molecule has 0 aliphatic carbocycles.